The third-order valence-corrected chi connectivity index (χ3v) is 3.51. The van der Waals surface area contributed by atoms with E-state index < -0.39 is 9.84 Å². The van der Waals surface area contributed by atoms with Gasteiger partial charge in [0.15, 0.2) is 0 Å². The van der Waals surface area contributed by atoms with Crippen LogP contribution in [0.1, 0.15) is 12.8 Å². The van der Waals surface area contributed by atoms with Crippen molar-refractivity contribution >= 4 is 25.8 Å². The number of alkyl halides is 1. The molecule has 0 aliphatic rings. The minimum absolute atomic E-state index is 0.275. The van der Waals surface area contributed by atoms with Crippen LogP contribution in [0.15, 0.2) is 12.7 Å². The zero-order valence-electron chi connectivity index (χ0n) is 7.29. The van der Waals surface area contributed by atoms with E-state index in [1.165, 1.54) is 6.26 Å². The molecule has 12 heavy (non-hydrogen) atoms. The second-order valence-electron chi connectivity index (χ2n) is 2.96. The van der Waals surface area contributed by atoms with Gasteiger partial charge in [0.05, 0.1) is 5.75 Å². The van der Waals surface area contributed by atoms with Gasteiger partial charge in [-0.15, -0.1) is 6.58 Å². The molecule has 0 saturated heterocycles. The van der Waals surface area contributed by atoms with Crippen LogP contribution in [0.4, 0.5) is 0 Å². The van der Waals surface area contributed by atoms with Crippen LogP contribution >= 0.6 is 15.9 Å². The first kappa shape index (κ1) is 12.2. The van der Waals surface area contributed by atoms with E-state index in [0.29, 0.717) is 5.92 Å². The second-order valence-corrected chi connectivity index (χ2v) is 5.87. The summed E-state index contributed by atoms with van der Waals surface area (Å²) in [7, 11) is -2.80. The quantitative estimate of drug-likeness (QED) is 0.537. The molecule has 0 N–H and O–H groups in total. The van der Waals surface area contributed by atoms with Gasteiger partial charge < -0.3 is 0 Å². The molecule has 0 aromatic carbocycles. The van der Waals surface area contributed by atoms with Crippen LogP contribution in [-0.2, 0) is 9.84 Å². The van der Waals surface area contributed by atoms with Crippen molar-refractivity contribution in [2.75, 3.05) is 17.3 Å². The standard InChI is InChI=1S/C8H15BrO2S/c1-3-4-8(7-9)5-6-12(2,10)11/h3,8H,1,4-7H2,2H3. The molecule has 0 aliphatic carbocycles. The lowest BCUT2D eigenvalue weighted by molar-refractivity contribution is 0.562. The lowest BCUT2D eigenvalue weighted by atomic mass is 10.1. The predicted octanol–water partition coefficient (Wildman–Crippen LogP) is 2.01. The first-order chi connectivity index (χ1) is 5.49. The third kappa shape index (κ3) is 6.85. The number of sulfone groups is 1. The van der Waals surface area contributed by atoms with Crippen LogP contribution in [0.3, 0.4) is 0 Å². The molecule has 0 bridgehead atoms. The maximum Gasteiger partial charge on any atom is 0.147 e. The van der Waals surface area contributed by atoms with E-state index in [4.69, 9.17) is 0 Å². The summed E-state index contributed by atoms with van der Waals surface area (Å²) in [5, 5.41) is 0.842. The Bertz CT molecular complexity index is 221. The van der Waals surface area contributed by atoms with Crippen LogP contribution in [-0.4, -0.2) is 25.8 Å². The third-order valence-electron chi connectivity index (χ3n) is 1.62. The minimum atomic E-state index is -2.80. The van der Waals surface area contributed by atoms with Crippen LogP contribution in [0.5, 0.6) is 0 Å². The fourth-order valence-electron chi connectivity index (χ4n) is 0.874. The zero-order valence-corrected chi connectivity index (χ0v) is 9.70. The number of halogens is 1. The Kier molecular flexibility index (Phi) is 5.84. The van der Waals surface area contributed by atoms with Gasteiger partial charge in [0.2, 0.25) is 0 Å². The first-order valence-electron chi connectivity index (χ1n) is 3.84. The molecule has 0 amide bonds. The summed E-state index contributed by atoms with van der Waals surface area (Å²) in [4.78, 5) is 0. The number of rotatable bonds is 6. The number of allylic oxidation sites excluding steroid dienone is 1. The van der Waals surface area contributed by atoms with Gasteiger partial charge in [0.25, 0.3) is 0 Å². The maximum absolute atomic E-state index is 10.8. The van der Waals surface area contributed by atoms with Crippen LogP contribution in [0.2, 0.25) is 0 Å². The Hall–Kier alpha value is 0.170. The van der Waals surface area contributed by atoms with Crippen molar-refractivity contribution in [2.45, 2.75) is 12.8 Å². The Morgan fingerprint density at radius 1 is 1.58 bits per heavy atom. The highest BCUT2D eigenvalue weighted by Gasteiger charge is 2.09. The second kappa shape index (κ2) is 5.75. The molecule has 72 valence electrons. The predicted molar refractivity (Wildman–Crippen MR) is 56.4 cm³/mol. The molecule has 0 radical (unpaired) electrons. The van der Waals surface area contributed by atoms with Gasteiger partial charge in [-0.25, -0.2) is 8.42 Å². The van der Waals surface area contributed by atoms with E-state index in [1.807, 2.05) is 6.08 Å². The van der Waals surface area contributed by atoms with Gasteiger partial charge >= 0.3 is 0 Å². The van der Waals surface area contributed by atoms with E-state index in [0.717, 1.165) is 18.2 Å². The SMILES string of the molecule is C=CCC(CBr)CCS(C)(=O)=O. The monoisotopic (exact) mass is 254 g/mol. The molecule has 1 unspecified atom stereocenters. The summed E-state index contributed by atoms with van der Waals surface area (Å²) in [5.41, 5.74) is 0. The van der Waals surface area contributed by atoms with Crippen molar-refractivity contribution in [3.05, 3.63) is 12.7 Å². The number of hydrogen-bond acceptors (Lipinski definition) is 2. The molecule has 0 rings (SSSR count). The molecule has 1 atom stereocenters. The molecular weight excluding hydrogens is 240 g/mol. The maximum atomic E-state index is 10.8. The molecule has 2 nitrogen and oxygen atoms in total. The van der Waals surface area contributed by atoms with Crippen LogP contribution < -0.4 is 0 Å². The lowest BCUT2D eigenvalue weighted by Gasteiger charge is -2.09. The van der Waals surface area contributed by atoms with Gasteiger partial charge in [0.1, 0.15) is 9.84 Å². The van der Waals surface area contributed by atoms with Crippen molar-refractivity contribution in [1.29, 1.82) is 0 Å². The van der Waals surface area contributed by atoms with Gasteiger partial charge in [-0.3, -0.25) is 0 Å². The fourth-order valence-corrected chi connectivity index (χ4v) is 2.22. The summed E-state index contributed by atoms with van der Waals surface area (Å²) < 4.78 is 21.6. The van der Waals surface area contributed by atoms with Crippen molar-refractivity contribution in [2.24, 2.45) is 5.92 Å². The van der Waals surface area contributed by atoms with E-state index in [9.17, 15) is 8.42 Å². The largest absolute Gasteiger partial charge is 0.229 e. The smallest absolute Gasteiger partial charge is 0.147 e. The van der Waals surface area contributed by atoms with Gasteiger partial charge in [-0.05, 0) is 18.8 Å². The average Bonchev–Trinajstić information content (AvgIpc) is 1.96. The highest BCUT2D eigenvalue weighted by molar-refractivity contribution is 9.09. The zero-order chi connectivity index (χ0) is 9.61. The van der Waals surface area contributed by atoms with Crippen LogP contribution in [0, 0.1) is 5.92 Å². The van der Waals surface area contributed by atoms with Crippen LogP contribution in [0.25, 0.3) is 0 Å². The molecule has 0 spiro atoms. The molecule has 0 fully saturated rings. The lowest BCUT2D eigenvalue weighted by Crippen LogP contribution is -2.10. The molecule has 0 heterocycles. The Morgan fingerprint density at radius 3 is 2.50 bits per heavy atom. The summed E-state index contributed by atoms with van der Waals surface area (Å²) in [6.45, 7) is 3.62. The van der Waals surface area contributed by atoms with Crippen molar-refractivity contribution < 1.29 is 8.42 Å². The van der Waals surface area contributed by atoms with E-state index >= 15 is 0 Å². The Morgan fingerprint density at radius 2 is 2.17 bits per heavy atom. The van der Waals surface area contributed by atoms with E-state index in [1.54, 1.807) is 0 Å². The highest BCUT2D eigenvalue weighted by atomic mass is 79.9. The topological polar surface area (TPSA) is 34.1 Å². The minimum Gasteiger partial charge on any atom is -0.229 e. The molecule has 0 saturated carbocycles. The van der Waals surface area contributed by atoms with Crippen molar-refractivity contribution in [1.82, 2.24) is 0 Å². The molecule has 0 aliphatic heterocycles. The molecule has 0 aromatic heterocycles. The Balaban J connectivity index is 3.80. The molecular formula is C8H15BrO2S. The van der Waals surface area contributed by atoms with Gasteiger partial charge in [-0.2, -0.15) is 0 Å². The summed E-state index contributed by atoms with van der Waals surface area (Å²) in [6, 6.07) is 0. The van der Waals surface area contributed by atoms with Gasteiger partial charge in [0, 0.05) is 11.6 Å². The van der Waals surface area contributed by atoms with E-state index in [2.05, 4.69) is 22.5 Å². The van der Waals surface area contributed by atoms with Crippen molar-refractivity contribution in [3.63, 3.8) is 0 Å². The molecule has 0 aromatic rings. The summed E-state index contributed by atoms with van der Waals surface area (Å²) >= 11 is 3.34. The van der Waals surface area contributed by atoms with Crippen molar-refractivity contribution in [3.8, 4) is 0 Å². The Labute approximate surface area is 83.1 Å². The van der Waals surface area contributed by atoms with E-state index in [-0.39, 0.29) is 5.75 Å². The summed E-state index contributed by atoms with van der Waals surface area (Å²) in [6.07, 6.45) is 4.69. The average molecular weight is 255 g/mol. The van der Waals surface area contributed by atoms with Gasteiger partial charge in [-0.1, -0.05) is 22.0 Å². The molecule has 4 heteroatoms. The fraction of sp³-hybridized carbons (Fsp3) is 0.750. The number of hydrogen-bond donors (Lipinski definition) is 0. The first-order valence-corrected chi connectivity index (χ1v) is 7.02. The highest BCUT2D eigenvalue weighted by Crippen LogP contribution is 2.13. The normalized spacial score (nSPS) is 14.2. The summed E-state index contributed by atoms with van der Waals surface area (Å²) in [5.74, 6) is 0.675.